The molecule has 0 saturated carbocycles. The van der Waals surface area contributed by atoms with Crippen LogP contribution in [0.5, 0.6) is 0 Å². The highest BCUT2D eigenvalue weighted by molar-refractivity contribution is 6.08. The molecule has 4 aromatic rings. The van der Waals surface area contributed by atoms with E-state index in [1.165, 1.54) is 16.3 Å². The molecule has 0 N–H and O–H groups in total. The van der Waals surface area contributed by atoms with Crippen LogP contribution in [-0.2, 0) is 7.05 Å². The summed E-state index contributed by atoms with van der Waals surface area (Å²) in [7, 11) is 2.06. The number of nitriles is 1. The summed E-state index contributed by atoms with van der Waals surface area (Å²) in [5, 5.41) is 11.5. The van der Waals surface area contributed by atoms with Gasteiger partial charge in [0.15, 0.2) is 0 Å². The topological polar surface area (TPSA) is 41.6 Å². The van der Waals surface area contributed by atoms with Crippen LogP contribution in [0.2, 0.25) is 0 Å². The quantitative estimate of drug-likeness (QED) is 0.523. The molecule has 2 aromatic carbocycles. The lowest BCUT2D eigenvalue weighted by Gasteiger charge is -2.03. The number of pyridine rings is 1. The van der Waals surface area contributed by atoms with Gasteiger partial charge in [0.1, 0.15) is 0 Å². The highest BCUT2D eigenvalue weighted by atomic mass is 14.9. The number of fused-ring (bicyclic) bond motifs is 3. The van der Waals surface area contributed by atoms with E-state index in [0.717, 1.165) is 16.6 Å². The first kappa shape index (κ1) is 12.6. The Morgan fingerprint density at radius 2 is 1.82 bits per heavy atom. The lowest BCUT2D eigenvalue weighted by Crippen LogP contribution is -1.86. The van der Waals surface area contributed by atoms with Gasteiger partial charge in [-0.2, -0.15) is 5.26 Å². The number of nitrogens with zero attached hydrogens (tertiary/aromatic N) is 3. The van der Waals surface area contributed by atoms with Gasteiger partial charge in [0.25, 0.3) is 0 Å². The van der Waals surface area contributed by atoms with Crippen molar-refractivity contribution >= 4 is 21.8 Å². The molecule has 0 unspecified atom stereocenters. The molecular formula is C19H13N3. The van der Waals surface area contributed by atoms with Gasteiger partial charge < -0.3 is 4.57 Å². The Hall–Kier alpha value is -3.12. The number of rotatable bonds is 1. The van der Waals surface area contributed by atoms with Gasteiger partial charge >= 0.3 is 0 Å². The summed E-state index contributed by atoms with van der Waals surface area (Å²) in [6.45, 7) is 0. The van der Waals surface area contributed by atoms with E-state index >= 15 is 0 Å². The molecular weight excluding hydrogens is 270 g/mol. The summed E-state index contributed by atoms with van der Waals surface area (Å²) < 4.78 is 2.16. The highest BCUT2D eigenvalue weighted by Gasteiger charge is 2.09. The summed E-state index contributed by atoms with van der Waals surface area (Å²) >= 11 is 0. The van der Waals surface area contributed by atoms with E-state index in [4.69, 9.17) is 5.26 Å². The van der Waals surface area contributed by atoms with E-state index in [0.29, 0.717) is 5.56 Å². The average Bonchev–Trinajstić information content (AvgIpc) is 2.88. The lowest BCUT2D eigenvalue weighted by molar-refractivity contribution is 1.01. The van der Waals surface area contributed by atoms with Crippen molar-refractivity contribution in [1.82, 2.24) is 9.55 Å². The van der Waals surface area contributed by atoms with E-state index in [9.17, 15) is 0 Å². The Balaban J connectivity index is 2.01. The van der Waals surface area contributed by atoms with E-state index in [1.54, 1.807) is 0 Å². The summed E-state index contributed by atoms with van der Waals surface area (Å²) in [6.07, 6.45) is 3.72. The van der Waals surface area contributed by atoms with Gasteiger partial charge in [0, 0.05) is 29.5 Å². The number of aryl methyl sites for hydroxylation is 1. The fourth-order valence-corrected chi connectivity index (χ4v) is 3.00. The predicted molar refractivity (Wildman–Crippen MR) is 88.4 cm³/mol. The van der Waals surface area contributed by atoms with Crippen LogP contribution in [0.3, 0.4) is 0 Å². The first-order valence-electron chi connectivity index (χ1n) is 7.10. The standard InChI is InChI=1S/C19H13N3/c1-22-18-6-5-15(14-4-2-3-13(9-14)11-20)10-17(18)16-7-8-21-12-19(16)22/h2-10,12H,1H3. The van der Waals surface area contributed by atoms with Gasteiger partial charge in [-0.25, -0.2) is 0 Å². The molecule has 2 aromatic heterocycles. The largest absolute Gasteiger partial charge is 0.342 e. The number of hydrogen-bond donors (Lipinski definition) is 0. The summed E-state index contributed by atoms with van der Waals surface area (Å²) in [5.74, 6) is 0. The van der Waals surface area contributed by atoms with Crippen molar-refractivity contribution in [1.29, 1.82) is 5.26 Å². The highest BCUT2D eigenvalue weighted by Crippen LogP contribution is 2.31. The second kappa shape index (κ2) is 4.71. The number of hydrogen-bond acceptors (Lipinski definition) is 2. The van der Waals surface area contributed by atoms with Crippen LogP contribution in [0.4, 0.5) is 0 Å². The fraction of sp³-hybridized carbons (Fsp3) is 0.0526. The first-order chi connectivity index (χ1) is 10.8. The van der Waals surface area contributed by atoms with Gasteiger partial charge in [-0.3, -0.25) is 4.98 Å². The number of aromatic nitrogens is 2. The molecule has 2 heterocycles. The minimum atomic E-state index is 0.680. The third kappa shape index (κ3) is 1.78. The van der Waals surface area contributed by atoms with Crippen LogP contribution in [0.25, 0.3) is 32.9 Å². The van der Waals surface area contributed by atoms with E-state index in [2.05, 4.69) is 40.9 Å². The van der Waals surface area contributed by atoms with Crippen LogP contribution in [-0.4, -0.2) is 9.55 Å². The maximum absolute atomic E-state index is 9.07. The zero-order valence-corrected chi connectivity index (χ0v) is 12.1. The Labute approximate surface area is 128 Å². The van der Waals surface area contributed by atoms with E-state index < -0.39 is 0 Å². The molecule has 0 aliphatic carbocycles. The monoisotopic (exact) mass is 283 g/mol. The average molecular weight is 283 g/mol. The molecule has 3 heteroatoms. The zero-order valence-electron chi connectivity index (χ0n) is 12.1. The van der Waals surface area contributed by atoms with Crippen molar-refractivity contribution in [2.75, 3.05) is 0 Å². The molecule has 4 rings (SSSR count). The normalized spacial score (nSPS) is 10.9. The van der Waals surface area contributed by atoms with E-state index in [1.807, 2.05) is 42.7 Å². The second-order valence-electron chi connectivity index (χ2n) is 5.38. The Bertz CT molecular complexity index is 1050. The molecule has 104 valence electrons. The van der Waals surface area contributed by atoms with Crippen molar-refractivity contribution in [2.24, 2.45) is 7.05 Å². The molecule has 22 heavy (non-hydrogen) atoms. The molecule has 0 spiro atoms. The third-order valence-corrected chi connectivity index (χ3v) is 4.13. The van der Waals surface area contributed by atoms with Gasteiger partial charge in [0.05, 0.1) is 23.3 Å². The molecule has 0 fully saturated rings. The van der Waals surface area contributed by atoms with Gasteiger partial charge in [-0.05, 0) is 41.5 Å². The van der Waals surface area contributed by atoms with Crippen LogP contribution in [0.15, 0.2) is 60.9 Å². The first-order valence-corrected chi connectivity index (χ1v) is 7.10. The Morgan fingerprint density at radius 1 is 0.955 bits per heavy atom. The minimum absolute atomic E-state index is 0.680. The van der Waals surface area contributed by atoms with Crippen molar-refractivity contribution in [2.45, 2.75) is 0 Å². The van der Waals surface area contributed by atoms with Crippen molar-refractivity contribution in [3.63, 3.8) is 0 Å². The maximum atomic E-state index is 9.07. The van der Waals surface area contributed by atoms with Crippen molar-refractivity contribution in [3.8, 4) is 17.2 Å². The lowest BCUT2D eigenvalue weighted by atomic mass is 10.0. The van der Waals surface area contributed by atoms with Crippen LogP contribution in [0.1, 0.15) is 5.56 Å². The smallest absolute Gasteiger partial charge is 0.0991 e. The Kier molecular flexibility index (Phi) is 2.70. The molecule has 0 aliphatic rings. The summed E-state index contributed by atoms with van der Waals surface area (Å²) in [5.41, 5.74) is 5.17. The van der Waals surface area contributed by atoms with Gasteiger partial charge in [-0.1, -0.05) is 18.2 Å². The molecule has 3 nitrogen and oxygen atoms in total. The summed E-state index contributed by atoms with van der Waals surface area (Å²) in [6, 6.07) is 18.4. The molecule has 0 saturated heterocycles. The van der Waals surface area contributed by atoms with Gasteiger partial charge in [0.2, 0.25) is 0 Å². The molecule has 0 radical (unpaired) electrons. The van der Waals surface area contributed by atoms with E-state index in [-0.39, 0.29) is 0 Å². The second-order valence-corrected chi connectivity index (χ2v) is 5.38. The predicted octanol–water partition coefficient (Wildman–Crippen LogP) is 4.27. The van der Waals surface area contributed by atoms with Crippen molar-refractivity contribution < 1.29 is 0 Å². The zero-order chi connectivity index (χ0) is 15.1. The van der Waals surface area contributed by atoms with Crippen LogP contribution in [0, 0.1) is 11.3 Å². The molecule has 0 aliphatic heterocycles. The molecule has 0 bridgehead atoms. The number of benzene rings is 2. The molecule has 0 atom stereocenters. The van der Waals surface area contributed by atoms with Crippen LogP contribution >= 0.6 is 0 Å². The summed E-state index contributed by atoms with van der Waals surface area (Å²) in [4.78, 5) is 4.22. The third-order valence-electron chi connectivity index (χ3n) is 4.13. The van der Waals surface area contributed by atoms with Crippen molar-refractivity contribution in [3.05, 3.63) is 66.5 Å². The van der Waals surface area contributed by atoms with Gasteiger partial charge in [-0.15, -0.1) is 0 Å². The minimum Gasteiger partial charge on any atom is -0.342 e. The van der Waals surface area contributed by atoms with Crippen LogP contribution < -0.4 is 0 Å². The maximum Gasteiger partial charge on any atom is 0.0991 e. The Morgan fingerprint density at radius 3 is 2.68 bits per heavy atom. The fourth-order valence-electron chi connectivity index (χ4n) is 3.00. The molecule has 0 amide bonds. The SMILES string of the molecule is Cn1c2ccc(-c3cccc(C#N)c3)cc2c2ccncc21.